The average Bonchev–Trinajstić information content (AvgIpc) is 2.84. The molecule has 0 saturated carbocycles. The Balaban J connectivity index is 2.63. The maximum atomic E-state index is 14.4. The molecule has 1 aromatic carbocycles. The third kappa shape index (κ3) is 2.21. The van der Waals surface area contributed by atoms with Crippen molar-refractivity contribution < 1.29 is 23.2 Å². The number of carboxylic acids is 1. The summed E-state index contributed by atoms with van der Waals surface area (Å²) in [7, 11) is 0. The van der Waals surface area contributed by atoms with Gasteiger partial charge in [0.2, 0.25) is 5.69 Å². The fourth-order valence-corrected chi connectivity index (χ4v) is 1.83. The number of hydrogen-bond donors (Lipinski definition) is 1. The molecule has 1 N–H and O–H groups in total. The van der Waals surface area contributed by atoms with E-state index in [1.54, 1.807) is 13.0 Å². The zero-order valence-corrected chi connectivity index (χ0v) is 10.1. The van der Waals surface area contributed by atoms with Gasteiger partial charge in [-0.15, -0.1) is 0 Å². The Morgan fingerprint density at radius 3 is 2.53 bits per heavy atom. The maximum Gasteiger partial charge on any atom is 0.358 e. The Morgan fingerprint density at radius 1 is 1.37 bits per heavy atom. The van der Waals surface area contributed by atoms with Gasteiger partial charge < -0.3 is 9.63 Å². The van der Waals surface area contributed by atoms with Gasteiger partial charge in [-0.05, 0) is 0 Å². The van der Waals surface area contributed by atoms with E-state index in [1.165, 1.54) is 24.3 Å². The second-order valence-corrected chi connectivity index (χ2v) is 3.93. The molecule has 0 aliphatic rings. The Hall–Kier alpha value is -2.24. The van der Waals surface area contributed by atoms with Gasteiger partial charge in [-0.1, -0.05) is 42.4 Å². The van der Waals surface area contributed by atoms with Crippen molar-refractivity contribution in [3.63, 3.8) is 0 Å². The van der Waals surface area contributed by atoms with Gasteiger partial charge in [0.05, 0.1) is 0 Å². The van der Waals surface area contributed by atoms with Crippen molar-refractivity contribution in [2.24, 2.45) is 0 Å². The van der Waals surface area contributed by atoms with Crippen molar-refractivity contribution in [1.29, 1.82) is 0 Å². The minimum atomic E-state index is -3.46. The van der Waals surface area contributed by atoms with Gasteiger partial charge in [0.25, 0.3) is 0 Å². The summed E-state index contributed by atoms with van der Waals surface area (Å²) in [4.78, 5) is 11.0. The van der Waals surface area contributed by atoms with E-state index >= 15 is 0 Å². The van der Waals surface area contributed by atoms with Gasteiger partial charge in [-0.25, -0.2) is 4.79 Å². The lowest BCUT2D eigenvalue weighted by Crippen LogP contribution is -2.20. The summed E-state index contributed by atoms with van der Waals surface area (Å²) in [5.41, 5.74) is -1.71. The van der Waals surface area contributed by atoms with Gasteiger partial charge in [0.1, 0.15) is 11.3 Å². The molecule has 2 rings (SSSR count). The summed E-state index contributed by atoms with van der Waals surface area (Å²) in [5, 5.41) is 12.2. The highest BCUT2D eigenvalue weighted by Crippen LogP contribution is 2.39. The van der Waals surface area contributed by atoms with Crippen molar-refractivity contribution in [3.05, 3.63) is 52.9 Å². The predicted octanol–water partition coefficient (Wildman–Crippen LogP) is 3.08. The zero-order valence-electron chi connectivity index (χ0n) is 10.1. The first-order valence-electron chi connectivity index (χ1n) is 5.64. The smallest absolute Gasteiger partial charge is 0.358 e. The number of aromatic nitrogens is 1. The number of hydrogen-bond acceptors (Lipinski definition) is 3. The normalized spacial score (nSPS) is 11.5. The molecule has 2 aromatic rings. The van der Waals surface area contributed by atoms with Crippen LogP contribution in [-0.4, -0.2) is 16.2 Å². The fraction of sp³-hybridized carbons (Fsp3) is 0.231. The Morgan fingerprint density at radius 2 is 2.00 bits per heavy atom. The predicted molar refractivity (Wildman–Crippen MR) is 62.3 cm³/mol. The highest BCUT2D eigenvalue weighted by molar-refractivity contribution is 5.87. The lowest BCUT2D eigenvalue weighted by atomic mass is 9.97. The van der Waals surface area contributed by atoms with Gasteiger partial charge >= 0.3 is 11.9 Å². The van der Waals surface area contributed by atoms with E-state index in [4.69, 9.17) is 9.63 Å². The number of nitrogens with zero attached hydrogens (tertiary/aromatic N) is 1. The molecule has 0 aliphatic heterocycles. The van der Waals surface area contributed by atoms with Crippen LogP contribution in [0.25, 0.3) is 0 Å². The summed E-state index contributed by atoms with van der Waals surface area (Å²) in [6.45, 7) is 1.59. The first-order valence-corrected chi connectivity index (χ1v) is 5.64. The summed E-state index contributed by atoms with van der Waals surface area (Å²) in [6.07, 6.45) is 0.137. The minimum Gasteiger partial charge on any atom is -0.476 e. The van der Waals surface area contributed by atoms with Crippen molar-refractivity contribution in [2.75, 3.05) is 0 Å². The van der Waals surface area contributed by atoms with E-state index in [-0.39, 0.29) is 17.7 Å². The molecule has 0 fully saturated rings. The van der Waals surface area contributed by atoms with Crippen LogP contribution in [-0.2, 0) is 12.3 Å². The lowest BCUT2D eigenvalue weighted by Gasteiger charge is -2.16. The number of aromatic carboxylic acids is 1. The van der Waals surface area contributed by atoms with Crippen molar-refractivity contribution in [2.45, 2.75) is 19.3 Å². The zero-order chi connectivity index (χ0) is 14.0. The molecular weight excluding hydrogens is 256 g/mol. The molecule has 1 aromatic heterocycles. The summed E-state index contributed by atoms with van der Waals surface area (Å²) in [6, 6.07) is 6.99. The maximum absolute atomic E-state index is 14.4. The van der Waals surface area contributed by atoms with Gasteiger partial charge in [-0.2, -0.15) is 8.78 Å². The SMILES string of the molecule is CCc1onc(C(=O)O)c1C(F)(F)c1ccccc1. The lowest BCUT2D eigenvalue weighted by molar-refractivity contribution is 0.0377. The van der Waals surface area contributed by atoms with Crippen LogP contribution in [0.1, 0.15) is 34.3 Å². The number of carboxylic acid groups (broad SMARTS) is 1. The van der Waals surface area contributed by atoms with Gasteiger partial charge in [-0.3, -0.25) is 0 Å². The van der Waals surface area contributed by atoms with Crippen LogP contribution in [0, 0.1) is 0 Å². The number of rotatable bonds is 4. The van der Waals surface area contributed by atoms with Crippen LogP contribution in [0.5, 0.6) is 0 Å². The molecule has 4 nitrogen and oxygen atoms in total. The third-order valence-corrected chi connectivity index (χ3v) is 2.74. The molecule has 0 saturated heterocycles. The monoisotopic (exact) mass is 267 g/mol. The molecule has 6 heteroatoms. The van der Waals surface area contributed by atoms with Crippen LogP contribution in [0.3, 0.4) is 0 Å². The molecule has 0 aliphatic carbocycles. The summed E-state index contributed by atoms with van der Waals surface area (Å²) in [5.74, 6) is -5.11. The number of carbonyl (C=O) groups is 1. The second-order valence-electron chi connectivity index (χ2n) is 3.93. The van der Waals surface area contributed by atoms with Crippen LogP contribution < -0.4 is 0 Å². The van der Waals surface area contributed by atoms with Crippen molar-refractivity contribution in [1.82, 2.24) is 5.16 Å². The molecule has 19 heavy (non-hydrogen) atoms. The molecule has 100 valence electrons. The second kappa shape index (κ2) is 4.79. The van der Waals surface area contributed by atoms with Gasteiger partial charge in [0.15, 0.2) is 0 Å². The van der Waals surface area contributed by atoms with Crippen LogP contribution >= 0.6 is 0 Å². The van der Waals surface area contributed by atoms with E-state index in [1.807, 2.05) is 0 Å². The van der Waals surface area contributed by atoms with Crippen LogP contribution in [0.2, 0.25) is 0 Å². The first kappa shape index (κ1) is 13.2. The van der Waals surface area contributed by atoms with E-state index in [0.29, 0.717) is 0 Å². The quantitative estimate of drug-likeness (QED) is 0.924. The molecule has 0 amide bonds. The number of alkyl halides is 2. The van der Waals surface area contributed by atoms with E-state index in [2.05, 4.69) is 5.16 Å². The van der Waals surface area contributed by atoms with E-state index in [9.17, 15) is 13.6 Å². The molecule has 0 atom stereocenters. The Kier molecular flexibility index (Phi) is 3.33. The molecule has 0 radical (unpaired) electrons. The molecule has 0 bridgehead atoms. The fourth-order valence-electron chi connectivity index (χ4n) is 1.83. The molecule has 0 unspecified atom stereocenters. The highest BCUT2D eigenvalue weighted by Gasteiger charge is 2.43. The summed E-state index contributed by atoms with van der Waals surface area (Å²) < 4.78 is 33.6. The Bertz CT molecular complexity index is 593. The third-order valence-electron chi connectivity index (χ3n) is 2.74. The molecular formula is C13H11F2NO3. The van der Waals surface area contributed by atoms with Crippen LogP contribution in [0.4, 0.5) is 8.78 Å². The number of aryl methyl sites for hydroxylation is 1. The summed E-state index contributed by atoms with van der Waals surface area (Å²) >= 11 is 0. The average molecular weight is 267 g/mol. The van der Waals surface area contributed by atoms with Crippen molar-refractivity contribution in [3.8, 4) is 0 Å². The standard InChI is InChI=1S/C13H11F2NO3/c1-2-9-10(11(12(17)18)16-19-9)13(14,15)8-6-4-3-5-7-8/h3-7H,2H2,1H3,(H,17,18). The van der Waals surface area contributed by atoms with Gasteiger partial charge in [0, 0.05) is 12.0 Å². The van der Waals surface area contributed by atoms with Crippen molar-refractivity contribution >= 4 is 5.97 Å². The molecule has 0 spiro atoms. The number of benzene rings is 1. The largest absolute Gasteiger partial charge is 0.476 e. The number of halogens is 2. The minimum absolute atomic E-state index is 0.119. The van der Waals surface area contributed by atoms with E-state index in [0.717, 1.165) is 0 Å². The Labute approximate surface area is 107 Å². The first-order chi connectivity index (χ1) is 8.98. The topological polar surface area (TPSA) is 63.3 Å². The molecule has 1 heterocycles. The van der Waals surface area contributed by atoms with E-state index < -0.39 is 23.1 Å². The van der Waals surface area contributed by atoms with Crippen LogP contribution in [0.15, 0.2) is 34.9 Å². The highest BCUT2D eigenvalue weighted by atomic mass is 19.3.